The van der Waals surface area contributed by atoms with Crippen molar-refractivity contribution in [2.45, 2.75) is 47.1 Å². The Labute approximate surface area is 170 Å². The lowest BCUT2D eigenvalue weighted by atomic mass is 9.88. The molecule has 0 fully saturated rings. The molecule has 3 aromatic heterocycles. The summed E-state index contributed by atoms with van der Waals surface area (Å²) in [6.07, 6.45) is 0. The van der Waals surface area contributed by atoms with Crippen molar-refractivity contribution in [2.24, 2.45) is 11.7 Å². The van der Waals surface area contributed by atoms with E-state index in [-0.39, 0.29) is 24.2 Å². The van der Waals surface area contributed by atoms with Crippen LogP contribution in [-0.2, 0) is 0 Å². The third-order valence-corrected chi connectivity index (χ3v) is 5.28. The van der Waals surface area contributed by atoms with Crippen molar-refractivity contribution in [1.29, 1.82) is 0 Å². The van der Waals surface area contributed by atoms with Crippen LogP contribution >= 0.6 is 12.4 Å². The number of pyridine rings is 1. The van der Waals surface area contributed by atoms with E-state index in [0.29, 0.717) is 34.6 Å². The average molecular weight is 407 g/mol. The zero-order valence-electron chi connectivity index (χ0n) is 17.0. The first-order chi connectivity index (χ1) is 12.7. The van der Waals surface area contributed by atoms with Gasteiger partial charge < -0.3 is 20.0 Å². The molecule has 1 unspecified atom stereocenters. The standard InChI is InChI=1S/C20H26N4O3.ClH/c1-10(2)20(6,9-21)23-18(25)15-8-16(14-7-11(3)26-13(14)5)22-19-17(15)12(4)24-27-19;/h7-8,10H,9,21H2,1-6H3,(H,23,25);1H. The number of hydrogen-bond acceptors (Lipinski definition) is 6. The highest BCUT2D eigenvalue weighted by Crippen LogP contribution is 2.31. The number of carbonyl (C=O) groups excluding carboxylic acids is 1. The van der Waals surface area contributed by atoms with Gasteiger partial charge in [0.25, 0.3) is 11.6 Å². The average Bonchev–Trinajstić information content (AvgIpc) is 3.15. The predicted molar refractivity (Wildman–Crippen MR) is 111 cm³/mol. The fraction of sp³-hybridized carbons (Fsp3) is 0.450. The van der Waals surface area contributed by atoms with Crippen molar-refractivity contribution in [3.8, 4) is 11.3 Å². The van der Waals surface area contributed by atoms with Gasteiger partial charge >= 0.3 is 0 Å². The Morgan fingerprint density at radius 2 is 1.96 bits per heavy atom. The van der Waals surface area contributed by atoms with Crippen LogP contribution in [0.4, 0.5) is 0 Å². The molecule has 8 heteroatoms. The third-order valence-electron chi connectivity index (χ3n) is 5.28. The van der Waals surface area contributed by atoms with Crippen LogP contribution < -0.4 is 11.1 Å². The summed E-state index contributed by atoms with van der Waals surface area (Å²) < 4.78 is 11.0. The van der Waals surface area contributed by atoms with Crippen LogP contribution in [0.1, 0.15) is 48.3 Å². The number of amides is 1. The Bertz CT molecular complexity index is 1010. The van der Waals surface area contributed by atoms with E-state index in [1.54, 1.807) is 13.0 Å². The highest BCUT2D eigenvalue weighted by Gasteiger charge is 2.30. The molecule has 0 saturated carbocycles. The minimum absolute atomic E-state index is 0. The van der Waals surface area contributed by atoms with Crippen LogP contribution in [0.5, 0.6) is 0 Å². The number of rotatable bonds is 5. The number of fused-ring (bicyclic) bond motifs is 1. The zero-order valence-corrected chi connectivity index (χ0v) is 17.9. The first kappa shape index (κ1) is 21.9. The van der Waals surface area contributed by atoms with Gasteiger partial charge in [-0.05, 0) is 45.7 Å². The number of furan rings is 1. The first-order valence-electron chi connectivity index (χ1n) is 9.03. The van der Waals surface area contributed by atoms with Crippen LogP contribution in [0.15, 0.2) is 21.1 Å². The second kappa shape index (κ2) is 7.93. The quantitative estimate of drug-likeness (QED) is 0.664. The van der Waals surface area contributed by atoms with Gasteiger partial charge in [-0.2, -0.15) is 0 Å². The molecule has 3 aromatic rings. The lowest BCUT2D eigenvalue weighted by Gasteiger charge is -2.33. The van der Waals surface area contributed by atoms with Crippen molar-refractivity contribution < 1.29 is 13.7 Å². The van der Waals surface area contributed by atoms with Crippen molar-refractivity contribution in [1.82, 2.24) is 15.5 Å². The van der Waals surface area contributed by atoms with E-state index in [1.165, 1.54) is 0 Å². The van der Waals surface area contributed by atoms with E-state index in [0.717, 1.165) is 17.1 Å². The molecule has 0 spiro atoms. The maximum Gasteiger partial charge on any atom is 0.259 e. The molecular formula is C20H27ClN4O3. The lowest BCUT2D eigenvalue weighted by molar-refractivity contribution is 0.0885. The highest BCUT2D eigenvalue weighted by molar-refractivity contribution is 6.07. The molecule has 0 aromatic carbocycles. The molecule has 3 rings (SSSR count). The number of nitrogens with zero attached hydrogens (tertiary/aromatic N) is 2. The Hall–Kier alpha value is -2.38. The molecule has 28 heavy (non-hydrogen) atoms. The van der Waals surface area contributed by atoms with E-state index >= 15 is 0 Å². The Balaban J connectivity index is 0.00000280. The largest absolute Gasteiger partial charge is 0.466 e. The smallest absolute Gasteiger partial charge is 0.259 e. The summed E-state index contributed by atoms with van der Waals surface area (Å²) in [5.74, 6) is 1.45. The molecule has 0 saturated heterocycles. The first-order valence-corrected chi connectivity index (χ1v) is 9.03. The molecule has 0 bridgehead atoms. The summed E-state index contributed by atoms with van der Waals surface area (Å²) in [6.45, 7) is 11.9. The molecular weight excluding hydrogens is 380 g/mol. The topological polar surface area (TPSA) is 107 Å². The van der Waals surface area contributed by atoms with E-state index in [9.17, 15) is 4.79 Å². The number of aromatic nitrogens is 2. The van der Waals surface area contributed by atoms with Gasteiger partial charge in [0, 0.05) is 12.1 Å². The van der Waals surface area contributed by atoms with Crippen LogP contribution in [0.2, 0.25) is 0 Å². The van der Waals surface area contributed by atoms with E-state index < -0.39 is 5.54 Å². The molecule has 152 valence electrons. The number of hydrogen-bond donors (Lipinski definition) is 2. The normalized spacial score (nSPS) is 13.4. The maximum absolute atomic E-state index is 13.2. The molecule has 0 aliphatic carbocycles. The van der Waals surface area contributed by atoms with Crippen LogP contribution in [0.3, 0.4) is 0 Å². The van der Waals surface area contributed by atoms with E-state index in [4.69, 9.17) is 14.7 Å². The van der Waals surface area contributed by atoms with Crippen molar-refractivity contribution in [3.63, 3.8) is 0 Å². The fourth-order valence-corrected chi connectivity index (χ4v) is 3.05. The number of halogens is 1. The third kappa shape index (κ3) is 3.77. The number of aryl methyl sites for hydroxylation is 3. The molecule has 0 aliphatic rings. The van der Waals surface area contributed by atoms with Crippen LogP contribution in [0, 0.1) is 26.7 Å². The Morgan fingerprint density at radius 3 is 2.50 bits per heavy atom. The zero-order chi connectivity index (χ0) is 19.9. The van der Waals surface area contributed by atoms with E-state index in [1.807, 2.05) is 40.7 Å². The van der Waals surface area contributed by atoms with Crippen molar-refractivity contribution in [3.05, 3.63) is 34.9 Å². The fourth-order valence-electron chi connectivity index (χ4n) is 3.05. The minimum Gasteiger partial charge on any atom is -0.466 e. The van der Waals surface area contributed by atoms with Gasteiger partial charge in [0.2, 0.25) is 0 Å². The summed E-state index contributed by atoms with van der Waals surface area (Å²) >= 11 is 0. The molecule has 1 amide bonds. The molecule has 3 N–H and O–H groups in total. The summed E-state index contributed by atoms with van der Waals surface area (Å²) in [5, 5.41) is 7.68. The SMILES string of the molecule is Cc1cc(-c2cc(C(=O)NC(C)(CN)C(C)C)c3c(C)noc3n2)c(C)o1.Cl. The van der Waals surface area contributed by atoms with Gasteiger partial charge in [0.05, 0.1) is 27.9 Å². The molecule has 3 heterocycles. The van der Waals surface area contributed by atoms with Gasteiger partial charge in [-0.15, -0.1) is 12.4 Å². The second-order valence-corrected chi connectivity index (χ2v) is 7.56. The minimum atomic E-state index is -0.528. The summed E-state index contributed by atoms with van der Waals surface area (Å²) in [5.41, 5.74) is 8.24. The van der Waals surface area contributed by atoms with Gasteiger partial charge in [-0.3, -0.25) is 4.79 Å². The lowest BCUT2D eigenvalue weighted by Crippen LogP contribution is -2.55. The van der Waals surface area contributed by atoms with Gasteiger partial charge in [-0.25, -0.2) is 4.98 Å². The van der Waals surface area contributed by atoms with Crippen molar-refractivity contribution >= 4 is 29.4 Å². The molecule has 0 radical (unpaired) electrons. The summed E-state index contributed by atoms with van der Waals surface area (Å²) in [6, 6.07) is 3.66. The van der Waals surface area contributed by atoms with E-state index in [2.05, 4.69) is 15.5 Å². The summed E-state index contributed by atoms with van der Waals surface area (Å²) in [7, 11) is 0. The van der Waals surface area contributed by atoms with Crippen LogP contribution in [-0.4, -0.2) is 28.1 Å². The van der Waals surface area contributed by atoms with Gasteiger partial charge in [0.15, 0.2) is 0 Å². The number of carbonyl (C=O) groups is 1. The number of nitrogens with two attached hydrogens (primary N) is 1. The van der Waals surface area contributed by atoms with Crippen LogP contribution in [0.25, 0.3) is 22.4 Å². The maximum atomic E-state index is 13.2. The predicted octanol–water partition coefficient (Wildman–Crippen LogP) is 3.93. The van der Waals surface area contributed by atoms with Gasteiger partial charge in [-0.1, -0.05) is 19.0 Å². The molecule has 1 atom stereocenters. The Morgan fingerprint density at radius 1 is 1.29 bits per heavy atom. The number of nitrogens with one attached hydrogen (secondary N) is 1. The second-order valence-electron chi connectivity index (χ2n) is 7.56. The Kier molecular flexibility index (Phi) is 6.21. The highest BCUT2D eigenvalue weighted by atomic mass is 35.5. The molecule has 0 aliphatic heterocycles. The monoisotopic (exact) mass is 406 g/mol. The summed E-state index contributed by atoms with van der Waals surface area (Å²) in [4.78, 5) is 17.7. The van der Waals surface area contributed by atoms with Crippen molar-refractivity contribution in [2.75, 3.05) is 6.54 Å². The van der Waals surface area contributed by atoms with Gasteiger partial charge in [0.1, 0.15) is 11.5 Å². The molecule has 7 nitrogen and oxygen atoms in total.